The molecule has 1 spiro atoms. The van der Waals surface area contributed by atoms with Crippen LogP contribution in [-0.4, -0.2) is 76.8 Å². The molecule has 32 heavy (non-hydrogen) atoms. The summed E-state index contributed by atoms with van der Waals surface area (Å²) in [6, 6.07) is -0.525. The van der Waals surface area contributed by atoms with Crippen LogP contribution in [0.1, 0.15) is 32.3 Å². The van der Waals surface area contributed by atoms with Gasteiger partial charge >= 0.3 is 5.97 Å². The first-order valence-corrected chi connectivity index (χ1v) is 11.5. The lowest BCUT2D eigenvalue weighted by atomic mass is 9.95. The van der Waals surface area contributed by atoms with Crippen molar-refractivity contribution in [1.82, 2.24) is 15.3 Å². The Hall–Kier alpha value is -1.89. The number of aromatic carboxylic acids is 1. The first-order chi connectivity index (χ1) is 15.2. The Morgan fingerprint density at radius 2 is 2.09 bits per heavy atom. The van der Waals surface area contributed by atoms with Crippen molar-refractivity contribution in [3.8, 4) is 0 Å². The highest BCUT2D eigenvalue weighted by Gasteiger charge is 2.50. The van der Waals surface area contributed by atoms with Gasteiger partial charge in [-0.05, 0) is 13.3 Å². The molecule has 4 heterocycles. The number of anilines is 1. The maximum atomic E-state index is 12.9. The van der Waals surface area contributed by atoms with Crippen molar-refractivity contribution in [2.24, 2.45) is 5.92 Å². The summed E-state index contributed by atoms with van der Waals surface area (Å²) in [5.74, 6) is -2.86. The van der Waals surface area contributed by atoms with Gasteiger partial charge in [0.05, 0.1) is 48.6 Å². The quantitative estimate of drug-likeness (QED) is 0.485. The van der Waals surface area contributed by atoms with E-state index >= 15 is 0 Å². The van der Waals surface area contributed by atoms with Crippen LogP contribution in [0.2, 0.25) is 10.0 Å². The zero-order valence-corrected chi connectivity index (χ0v) is 19.4. The number of thiazole rings is 1. The summed E-state index contributed by atoms with van der Waals surface area (Å²) in [4.78, 5) is 33.3. The third-order valence-corrected chi connectivity index (χ3v) is 7.57. The monoisotopic (exact) mass is 504 g/mol. The van der Waals surface area contributed by atoms with Gasteiger partial charge in [0.15, 0.2) is 5.13 Å². The van der Waals surface area contributed by atoms with Gasteiger partial charge < -0.3 is 34.9 Å². The number of carbonyl (C=O) groups is 2. The van der Waals surface area contributed by atoms with Crippen LogP contribution in [0, 0.1) is 12.8 Å². The largest absolute Gasteiger partial charge is 0.477 e. The minimum Gasteiger partial charge on any atom is -0.477 e. The standard InChI is InChI=1S/C19H22Cl2N4O6S/c1-9-13(20)14(21)15(23-9)16(27)24-12-2-3-25(18-22-4-11(32-18)17(28)29)8-19(12)30-6-10(5-26)7-31-19/h4,10,12,23,26H,2-3,5-8H2,1H3,(H,24,27)(H,28,29)/t10?,12-,19?/m1/s1. The molecular formula is C19H22Cl2N4O6S. The highest BCUT2D eigenvalue weighted by Crippen LogP contribution is 2.36. The molecule has 2 saturated heterocycles. The Bertz CT molecular complexity index is 1020. The number of aromatic nitrogens is 2. The molecule has 0 bridgehead atoms. The number of rotatable bonds is 5. The molecular weight excluding hydrogens is 483 g/mol. The van der Waals surface area contributed by atoms with Gasteiger partial charge in [-0.25, -0.2) is 9.78 Å². The molecule has 2 fully saturated rings. The van der Waals surface area contributed by atoms with E-state index in [-0.39, 0.29) is 52.9 Å². The van der Waals surface area contributed by atoms with Gasteiger partial charge in [-0.15, -0.1) is 0 Å². The van der Waals surface area contributed by atoms with E-state index in [1.165, 1.54) is 6.20 Å². The van der Waals surface area contributed by atoms with E-state index < -0.39 is 23.7 Å². The third-order valence-electron chi connectivity index (χ3n) is 5.58. The maximum absolute atomic E-state index is 12.9. The first-order valence-electron chi connectivity index (χ1n) is 9.91. The topological polar surface area (TPSA) is 137 Å². The van der Waals surface area contributed by atoms with Crippen molar-refractivity contribution < 1.29 is 29.3 Å². The molecule has 1 amide bonds. The fourth-order valence-electron chi connectivity index (χ4n) is 3.78. The summed E-state index contributed by atoms with van der Waals surface area (Å²) in [6.07, 6.45) is 1.76. The Morgan fingerprint density at radius 1 is 1.38 bits per heavy atom. The number of aliphatic hydroxyl groups is 1. The van der Waals surface area contributed by atoms with Crippen molar-refractivity contribution in [2.45, 2.75) is 25.2 Å². The number of hydrogen-bond donors (Lipinski definition) is 4. The van der Waals surface area contributed by atoms with E-state index in [0.29, 0.717) is 23.8 Å². The number of hydrogen-bond acceptors (Lipinski definition) is 8. The molecule has 1 atom stereocenters. The van der Waals surface area contributed by atoms with Crippen molar-refractivity contribution in [3.63, 3.8) is 0 Å². The predicted octanol–water partition coefficient (Wildman–Crippen LogP) is 2.14. The van der Waals surface area contributed by atoms with Gasteiger partial charge in [-0.1, -0.05) is 34.5 Å². The number of aromatic amines is 1. The third kappa shape index (κ3) is 4.33. The van der Waals surface area contributed by atoms with Crippen LogP contribution in [0.3, 0.4) is 0 Å². The second-order valence-corrected chi connectivity index (χ2v) is 9.55. The van der Waals surface area contributed by atoms with E-state index in [1.807, 2.05) is 4.90 Å². The van der Waals surface area contributed by atoms with E-state index in [0.717, 1.165) is 11.3 Å². The van der Waals surface area contributed by atoms with Crippen LogP contribution < -0.4 is 10.2 Å². The Kier molecular flexibility index (Phi) is 6.66. The normalized spacial score (nSPS) is 25.8. The van der Waals surface area contributed by atoms with Gasteiger partial charge in [0.2, 0.25) is 5.79 Å². The molecule has 0 saturated carbocycles. The molecule has 4 rings (SSSR count). The highest BCUT2D eigenvalue weighted by molar-refractivity contribution is 7.17. The van der Waals surface area contributed by atoms with Gasteiger partial charge in [-0.3, -0.25) is 4.79 Å². The van der Waals surface area contributed by atoms with E-state index in [9.17, 15) is 19.8 Å². The number of carbonyl (C=O) groups excluding carboxylic acids is 1. The number of nitrogens with zero attached hydrogens (tertiary/aromatic N) is 2. The second kappa shape index (κ2) is 9.16. The van der Waals surface area contributed by atoms with Crippen molar-refractivity contribution >= 4 is 51.5 Å². The number of amides is 1. The number of nitrogens with one attached hydrogen (secondary N) is 2. The molecule has 0 unspecified atom stereocenters. The molecule has 2 aliphatic heterocycles. The lowest BCUT2D eigenvalue weighted by molar-refractivity contribution is -0.296. The van der Waals surface area contributed by atoms with Crippen LogP contribution in [0.15, 0.2) is 6.20 Å². The summed E-state index contributed by atoms with van der Waals surface area (Å²) >= 11 is 13.4. The zero-order valence-electron chi connectivity index (χ0n) is 17.1. The van der Waals surface area contributed by atoms with Crippen LogP contribution in [0.4, 0.5) is 5.13 Å². The highest BCUT2D eigenvalue weighted by atomic mass is 35.5. The lowest BCUT2D eigenvalue weighted by Crippen LogP contribution is -2.67. The smallest absolute Gasteiger partial charge is 0.347 e. The number of piperidine rings is 1. The molecule has 2 aliphatic rings. The molecule has 10 nitrogen and oxygen atoms in total. The van der Waals surface area contributed by atoms with Gasteiger partial charge in [0.1, 0.15) is 10.6 Å². The summed E-state index contributed by atoms with van der Waals surface area (Å²) in [6.45, 7) is 2.86. The molecule has 13 heteroatoms. The fraction of sp³-hybridized carbons (Fsp3) is 0.526. The van der Waals surface area contributed by atoms with Gasteiger partial charge in [0.25, 0.3) is 5.91 Å². The summed E-state index contributed by atoms with van der Waals surface area (Å²) in [5, 5.41) is 22.5. The Morgan fingerprint density at radius 3 is 2.66 bits per heavy atom. The average Bonchev–Trinajstić information content (AvgIpc) is 3.37. The van der Waals surface area contributed by atoms with Crippen LogP contribution >= 0.6 is 34.5 Å². The van der Waals surface area contributed by atoms with Gasteiger partial charge in [-0.2, -0.15) is 0 Å². The van der Waals surface area contributed by atoms with Crippen molar-refractivity contribution in [3.05, 3.63) is 32.5 Å². The van der Waals surface area contributed by atoms with E-state index in [4.69, 9.17) is 32.7 Å². The van der Waals surface area contributed by atoms with Crippen molar-refractivity contribution in [1.29, 1.82) is 0 Å². The Labute approximate surface area is 197 Å². The number of carboxylic acids is 1. The molecule has 2 aromatic rings. The van der Waals surface area contributed by atoms with Gasteiger partial charge in [0, 0.05) is 18.2 Å². The average molecular weight is 505 g/mol. The first kappa shape index (κ1) is 23.3. The minimum atomic E-state index is -1.20. The van der Waals surface area contributed by atoms with Crippen LogP contribution in [-0.2, 0) is 9.47 Å². The van der Waals surface area contributed by atoms with Crippen LogP contribution in [0.5, 0.6) is 0 Å². The molecule has 0 aliphatic carbocycles. The fourth-order valence-corrected chi connectivity index (χ4v) is 4.98. The lowest BCUT2D eigenvalue weighted by Gasteiger charge is -2.50. The van der Waals surface area contributed by atoms with E-state index in [2.05, 4.69) is 15.3 Å². The zero-order chi connectivity index (χ0) is 23.0. The molecule has 2 aromatic heterocycles. The minimum absolute atomic E-state index is 0.0822. The Balaban J connectivity index is 1.56. The molecule has 174 valence electrons. The summed E-state index contributed by atoms with van der Waals surface area (Å²) in [5.41, 5.74) is 0.738. The van der Waals surface area contributed by atoms with E-state index in [1.54, 1.807) is 6.92 Å². The van der Waals surface area contributed by atoms with Crippen LogP contribution in [0.25, 0.3) is 0 Å². The number of aryl methyl sites for hydroxylation is 1. The SMILES string of the molecule is Cc1[nH]c(C(=O)N[C@@H]2CCN(c3ncc(C(=O)O)s3)CC23OCC(CO)CO3)c(Cl)c1Cl. The number of halogens is 2. The number of ether oxygens (including phenoxy) is 2. The predicted molar refractivity (Wildman–Crippen MR) is 118 cm³/mol. The molecule has 4 N–H and O–H groups in total. The van der Waals surface area contributed by atoms with Crippen molar-refractivity contribution in [2.75, 3.05) is 37.8 Å². The molecule has 0 aromatic carbocycles. The molecule has 0 radical (unpaired) electrons. The number of aliphatic hydroxyl groups excluding tert-OH is 1. The second-order valence-electron chi connectivity index (χ2n) is 7.78. The maximum Gasteiger partial charge on any atom is 0.347 e. The summed E-state index contributed by atoms with van der Waals surface area (Å²) < 4.78 is 12.2. The summed E-state index contributed by atoms with van der Waals surface area (Å²) in [7, 11) is 0. The number of carboxylic acid groups (broad SMARTS) is 1. The number of H-pyrrole nitrogens is 1.